The van der Waals surface area contributed by atoms with E-state index in [1.54, 1.807) is 0 Å². The Morgan fingerprint density at radius 3 is 2.83 bits per heavy atom. The highest BCUT2D eigenvalue weighted by atomic mass is 32.1. The van der Waals surface area contributed by atoms with E-state index in [0.29, 0.717) is 0 Å². The van der Waals surface area contributed by atoms with Gasteiger partial charge in [-0.05, 0) is 18.0 Å². The van der Waals surface area contributed by atoms with Gasteiger partial charge in [0.1, 0.15) is 11.1 Å². The highest BCUT2D eigenvalue weighted by molar-refractivity contribution is 7.10. The third kappa shape index (κ3) is 0.924. The number of nitriles is 1. The Balaban J connectivity index is 2.44. The fraction of sp³-hybridized carbons (Fsp3) is 0.429. The number of H-pyrrole nitrogens is 1. The fourth-order valence-corrected chi connectivity index (χ4v) is 1.98. The van der Waals surface area contributed by atoms with Crippen LogP contribution in [-0.4, -0.2) is 17.5 Å². The third-order valence-electron chi connectivity index (χ3n) is 1.94. The highest BCUT2D eigenvalue weighted by Gasteiger charge is 2.21. The van der Waals surface area contributed by atoms with E-state index >= 15 is 0 Å². The number of aromatic nitrogens is 1. The number of hydrogen-bond donors (Lipinski definition) is 1. The van der Waals surface area contributed by atoms with Gasteiger partial charge >= 0.3 is 0 Å². The first-order valence-corrected chi connectivity index (χ1v) is 4.51. The van der Waals surface area contributed by atoms with Gasteiger partial charge in [-0.15, -0.1) is 0 Å². The minimum Gasteiger partial charge on any atom is -0.361 e. The van der Waals surface area contributed by atoms with Crippen molar-refractivity contribution in [2.45, 2.75) is 6.42 Å². The Kier molecular flexibility index (Phi) is 1.62. The Labute approximate surface area is 73.2 Å². The quantitative estimate of drug-likeness (QED) is 0.687. The minimum atomic E-state index is -0.260. The summed E-state index contributed by atoms with van der Waals surface area (Å²) in [6.07, 6.45) is 1.15. The topological polar surface area (TPSA) is 59.9 Å². The van der Waals surface area contributed by atoms with Crippen molar-refractivity contribution in [2.24, 2.45) is 0 Å². The van der Waals surface area contributed by atoms with Crippen molar-refractivity contribution in [3.05, 3.63) is 15.9 Å². The Morgan fingerprint density at radius 1 is 1.58 bits per heavy atom. The molecular formula is C7H7N3OS. The predicted octanol–water partition coefficient (Wildman–Crippen LogP) is 0.518. The second kappa shape index (κ2) is 2.64. The summed E-state index contributed by atoms with van der Waals surface area (Å²) in [6.45, 7) is 1.92. The molecule has 1 aliphatic heterocycles. The molecule has 1 aromatic heterocycles. The number of rotatable bonds is 1. The van der Waals surface area contributed by atoms with Crippen LogP contribution in [0.5, 0.6) is 0 Å². The molecule has 1 aromatic rings. The first kappa shape index (κ1) is 7.37. The SMILES string of the molecule is N#Cc1c(N2CCC2)s[nH]c1=O. The van der Waals surface area contributed by atoms with Crippen molar-refractivity contribution in [1.82, 2.24) is 4.37 Å². The van der Waals surface area contributed by atoms with Crippen molar-refractivity contribution in [1.29, 1.82) is 5.26 Å². The average molecular weight is 181 g/mol. The minimum absolute atomic E-state index is 0.260. The zero-order valence-corrected chi connectivity index (χ0v) is 7.15. The molecule has 0 aliphatic carbocycles. The zero-order chi connectivity index (χ0) is 8.55. The van der Waals surface area contributed by atoms with Gasteiger partial charge in [-0.3, -0.25) is 9.17 Å². The molecule has 4 nitrogen and oxygen atoms in total. The van der Waals surface area contributed by atoms with Gasteiger partial charge in [-0.2, -0.15) is 5.26 Å². The first-order valence-electron chi connectivity index (χ1n) is 3.69. The molecule has 62 valence electrons. The van der Waals surface area contributed by atoms with Crippen molar-refractivity contribution in [2.75, 3.05) is 18.0 Å². The van der Waals surface area contributed by atoms with E-state index in [9.17, 15) is 4.79 Å². The average Bonchev–Trinajstić information content (AvgIpc) is 2.29. The summed E-state index contributed by atoms with van der Waals surface area (Å²) in [5.74, 6) is 0. The van der Waals surface area contributed by atoms with Crippen LogP contribution < -0.4 is 10.5 Å². The first-order chi connectivity index (χ1) is 5.83. The molecule has 0 radical (unpaired) electrons. The predicted molar refractivity (Wildman–Crippen MR) is 46.5 cm³/mol. The number of nitrogens with one attached hydrogen (secondary N) is 1. The molecule has 2 rings (SSSR count). The summed E-state index contributed by atoms with van der Waals surface area (Å²) < 4.78 is 2.56. The Hall–Kier alpha value is -1.28. The molecule has 0 saturated carbocycles. The van der Waals surface area contributed by atoms with Crippen molar-refractivity contribution >= 4 is 16.5 Å². The maximum Gasteiger partial charge on any atom is 0.278 e. The van der Waals surface area contributed by atoms with Crippen LogP contribution in [0.1, 0.15) is 12.0 Å². The van der Waals surface area contributed by atoms with Crippen LogP contribution in [0.25, 0.3) is 0 Å². The van der Waals surface area contributed by atoms with Gasteiger partial charge in [-0.1, -0.05) is 0 Å². The van der Waals surface area contributed by atoms with E-state index in [-0.39, 0.29) is 11.1 Å². The van der Waals surface area contributed by atoms with Crippen LogP contribution in [0, 0.1) is 11.3 Å². The van der Waals surface area contributed by atoms with E-state index in [0.717, 1.165) is 24.5 Å². The van der Waals surface area contributed by atoms with E-state index in [1.807, 2.05) is 11.0 Å². The van der Waals surface area contributed by atoms with Gasteiger partial charge < -0.3 is 4.90 Å². The lowest BCUT2D eigenvalue weighted by molar-refractivity contribution is 0.622. The summed E-state index contributed by atoms with van der Waals surface area (Å²) >= 11 is 1.25. The van der Waals surface area contributed by atoms with Crippen molar-refractivity contribution in [3.63, 3.8) is 0 Å². The largest absolute Gasteiger partial charge is 0.361 e. The third-order valence-corrected chi connectivity index (χ3v) is 2.88. The summed E-state index contributed by atoms with van der Waals surface area (Å²) in [5, 5.41) is 9.47. The van der Waals surface area contributed by atoms with E-state index in [1.165, 1.54) is 11.5 Å². The molecule has 1 N–H and O–H groups in total. The van der Waals surface area contributed by atoms with Crippen molar-refractivity contribution < 1.29 is 0 Å². The Bertz CT molecular complexity index is 382. The molecule has 0 amide bonds. The summed E-state index contributed by atoms with van der Waals surface area (Å²) in [7, 11) is 0. The Morgan fingerprint density at radius 2 is 2.33 bits per heavy atom. The maximum atomic E-state index is 11.0. The van der Waals surface area contributed by atoms with Gasteiger partial charge in [0.25, 0.3) is 5.56 Å². The smallest absolute Gasteiger partial charge is 0.278 e. The molecule has 0 spiro atoms. The second-order valence-electron chi connectivity index (χ2n) is 2.67. The highest BCUT2D eigenvalue weighted by Crippen LogP contribution is 2.25. The van der Waals surface area contributed by atoms with Crippen LogP contribution in [0.15, 0.2) is 4.79 Å². The molecule has 1 saturated heterocycles. The van der Waals surface area contributed by atoms with Gasteiger partial charge in [0.05, 0.1) is 0 Å². The molecule has 2 heterocycles. The summed E-state index contributed by atoms with van der Waals surface area (Å²) in [5.41, 5.74) is 0.00380. The molecule has 0 aromatic carbocycles. The van der Waals surface area contributed by atoms with Crippen LogP contribution in [0.3, 0.4) is 0 Å². The van der Waals surface area contributed by atoms with Crippen LogP contribution in [-0.2, 0) is 0 Å². The molecule has 1 aliphatic rings. The van der Waals surface area contributed by atoms with Crippen LogP contribution in [0.4, 0.5) is 5.00 Å². The van der Waals surface area contributed by atoms with Crippen LogP contribution >= 0.6 is 11.5 Å². The van der Waals surface area contributed by atoms with Gasteiger partial charge in [0, 0.05) is 13.1 Å². The fourth-order valence-electron chi connectivity index (χ4n) is 1.13. The molecule has 5 heteroatoms. The maximum absolute atomic E-state index is 11.0. The van der Waals surface area contributed by atoms with E-state index in [4.69, 9.17) is 5.26 Å². The number of anilines is 1. The second-order valence-corrected chi connectivity index (χ2v) is 3.46. The molecule has 0 bridgehead atoms. The lowest BCUT2D eigenvalue weighted by Gasteiger charge is -2.31. The van der Waals surface area contributed by atoms with Gasteiger partial charge in [0.2, 0.25) is 0 Å². The molecule has 0 unspecified atom stereocenters. The van der Waals surface area contributed by atoms with Gasteiger partial charge in [-0.25, -0.2) is 0 Å². The van der Waals surface area contributed by atoms with Crippen molar-refractivity contribution in [3.8, 4) is 6.07 Å². The number of nitrogens with zero attached hydrogens (tertiary/aromatic N) is 2. The number of aromatic amines is 1. The zero-order valence-electron chi connectivity index (χ0n) is 6.33. The molecular weight excluding hydrogens is 174 g/mol. The number of hydrogen-bond acceptors (Lipinski definition) is 4. The van der Waals surface area contributed by atoms with E-state index in [2.05, 4.69) is 4.37 Å². The van der Waals surface area contributed by atoms with E-state index < -0.39 is 0 Å². The normalized spacial score (nSPS) is 15.4. The lowest BCUT2D eigenvalue weighted by Crippen LogP contribution is -2.37. The molecule has 0 atom stereocenters. The summed E-state index contributed by atoms with van der Waals surface area (Å²) in [6, 6.07) is 1.92. The summed E-state index contributed by atoms with van der Waals surface area (Å²) in [4.78, 5) is 13.1. The lowest BCUT2D eigenvalue weighted by atomic mass is 10.2. The van der Waals surface area contributed by atoms with Crippen LogP contribution in [0.2, 0.25) is 0 Å². The van der Waals surface area contributed by atoms with Gasteiger partial charge in [0.15, 0.2) is 5.56 Å². The monoisotopic (exact) mass is 181 g/mol. The molecule has 1 fully saturated rings. The molecule has 12 heavy (non-hydrogen) atoms. The standard InChI is InChI=1S/C7H7N3OS/c8-4-5-6(11)9-12-7(5)10-2-1-3-10/h1-3H2,(H,9,11).